The smallest absolute Gasteiger partial charge is 0.407 e. The van der Waals surface area contributed by atoms with E-state index in [9.17, 15) is 24.3 Å². The number of alkyl carbamates (subject to hydrolysis) is 1. The molecule has 0 radical (unpaired) electrons. The quantitative estimate of drug-likeness (QED) is 0.357. The summed E-state index contributed by atoms with van der Waals surface area (Å²) in [6.45, 7) is 5.49. The predicted molar refractivity (Wildman–Crippen MR) is 170 cm³/mol. The number of carboxylic acid groups (broad SMARTS) is 1. The van der Waals surface area contributed by atoms with E-state index in [0.717, 1.165) is 47.0 Å². The van der Waals surface area contributed by atoms with Crippen LogP contribution in [0.25, 0.3) is 22.2 Å². The standard InChI is InChI=1S/C35H38N4O7/c1-3-24-19-35(24,33(42)43)38-31(40)29-17-25-20-39(29)32(41)21(2)36-34(44)45-15-9-5-6-10-22-13-14-27-26(16-22)30(46-25)18-28(37-27)23-11-7-4-8-12-23/h3-4,7-8,11-14,16,18,21,24-25,29H,1,5-6,9-10,15,17,19-20H2,2H3,(H,36,44)(H,38,40)(H,42,43)/t21-,24-,25+,29-,35+/m0/s1. The number of aliphatic carboxylic acids is 1. The molecule has 3 aromatic rings. The van der Waals surface area contributed by atoms with Crippen molar-refractivity contribution in [1.29, 1.82) is 0 Å². The first-order valence-electron chi connectivity index (χ1n) is 15.8. The lowest BCUT2D eigenvalue weighted by Gasteiger charge is -2.28. The van der Waals surface area contributed by atoms with Crippen LogP contribution in [0, 0.1) is 5.92 Å². The lowest BCUT2D eigenvalue weighted by molar-refractivity contribution is -0.145. The summed E-state index contributed by atoms with van der Waals surface area (Å²) >= 11 is 0. The van der Waals surface area contributed by atoms with Crippen LogP contribution in [0.2, 0.25) is 0 Å². The molecule has 4 bridgehead atoms. The summed E-state index contributed by atoms with van der Waals surface area (Å²) in [5.41, 5.74) is 2.05. The van der Waals surface area contributed by atoms with Crippen molar-refractivity contribution in [3.63, 3.8) is 0 Å². The van der Waals surface area contributed by atoms with Crippen LogP contribution in [0.3, 0.4) is 0 Å². The number of carbonyl (C=O) groups is 4. The Morgan fingerprint density at radius 3 is 2.67 bits per heavy atom. The Kier molecular flexibility index (Phi) is 8.66. The molecule has 1 aromatic heterocycles. The molecule has 1 saturated carbocycles. The van der Waals surface area contributed by atoms with Gasteiger partial charge in [-0.1, -0.05) is 42.5 Å². The van der Waals surface area contributed by atoms with Gasteiger partial charge in [0.15, 0.2) is 0 Å². The first-order valence-corrected chi connectivity index (χ1v) is 15.8. The van der Waals surface area contributed by atoms with Crippen molar-refractivity contribution in [3.05, 3.63) is 72.8 Å². The van der Waals surface area contributed by atoms with E-state index < -0.39 is 53.5 Å². The normalized spacial score (nSPS) is 26.7. The molecule has 11 heteroatoms. The number of cyclic esters (lactones) is 1. The number of hydrogen-bond acceptors (Lipinski definition) is 7. The fourth-order valence-electron chi connectivity index (χ4n) is 6.43. The van der Waals surface area contributed by atoms with E-state index in [1.54, 1.807) is 0 Å². The van der Waals surface area contributed by atoms with Crippen LogP contribution in [0.15, 0.2) is 67.3 Å². The minimum absolute atomic E-state index is 0.0487. The van der Waals surface area contributed by atoms with Crippen LogP contribution in [-0.4, -0.2) is 75.7 Å². The number of nitrogens with one attached hydrogen (secondary N) is 2. The second-order valence-electron chi connectivity index (χ2n) is 12.3. The first-order chi connectivity index (χ1) is 22.2. The van der Waals surface area contributed by atoms with Crippen LogP contribution < -0.4 is 15.4 Å². The van der Waals surface area contributed by atoms with Gasteiger partial charge in [0.05, 0.1) is 24.4 Å². The summed E-state index contributed by atoms with van der Waals surface area (Å²) in [6.07, 6.45) is 3.78. The molecule has 3 heterocycles. The zero-order valence-corrected chi connectivity index (χ0v) is 25.7. The molecule has 240 valence electrons. The third kappa shape index (κ3) is 6.27. The van der Waals surface area contributed by atoms with Gasteiger partial charge in [-0.15, -0.1) is 6.58 Å². The molecule has 6 rings (SSSR count). The number of rotatable bonds is 5. The molecule has 1 aliphatic carbocycles. The number of benzene rings is 2. The van der Waals surface area contributed by atoms with Gasteiger partial charge in [-0.25, -0.2) is 14.6 Å². The van der Waals surface area contributed by atoms with Crippen molar-refractivity contribution in [2.75, 3.05) is 13.2 Å². The summed E-state index contributed by atoms with van der Waals surface area (Å²) in [6, 6.07) is 15.7. The number of ether oxygens (including phenoxy) is 2. The maximum absolute atomic E-state index is 13.7. The first kappa shape index (κ1) is 31.1. The highest BCUT2D eigenvalue weighted by Crippen LogP contribution is 2.45. The molecule has 11 nitrogen and oxygen atoms in total. The van der Waals surface area contributed by atoms with Gasteiger partial charge in [0, 0.05) is 29.4 Å². The summed E-state index contributed by atoms with van der Waals surface area (Å²) < 4.78 is 11.9. The average Bonchev–Trinajstić information content (AvgIpc) is 3.62. The van der Waals surface area contributed by atoms with Crippen molar-refractivity contribution in [1.82, 2.24) is 20.5 Å². The van der Waals surface area contributed by atoms with Gasteiger partial charge >= 0.3 is 12.1 Å². The fraction of sp³-hybridized carbons (Fsp3) is 0.400. The van der Waals surface area contributed by atoms with Crippen LogP contribution in [0.5, 0.6) is 5.75 Å². The predicted octanol–water partition coefficient (Wildman–Crippen LogP) is 4.24. The van der Waals surface area contributed by atoms with Gasteiger partial charge in [-0.05, 0) is 56.7 Å². The molecule has 0 unspecified atom stereocenters. The van der Waals surface area contributed by atoms with Crippen molar-refractivity contribution < 1.29 is 33.8 Å². The SMILES string of the molecule is C=C[C@H]1C[C@]1(NC(=O)[C@@H]1C[C@@H]2CN1C(=O)[C@H](C)NC(=O)OCCCCCc1ccc3nc(-c4ccccc4)cc(c3c1)O2)C(=O)O. The van der Waals surface area contributed by atoms with E-state index in [2.05, 4.69) is 29.3 Å². The van der Waals surface area contributed by atoms with Crippen LogP contribution in [-0.2, 0) is 25.5 Å². The molecule has 2 aliphatic heterocycles. The highest BCUT2D eigenvalue weighted by atomic mass is 16.5. The van der Waals surface area contributed by atoms with Gasteiger partial charge < -0.3 is 30.1 Å². The largest absolute Gasteiger partial charge is 0.488 e. The van der Waals surface area contributed by atoms with E-state index in [-0.39, 0.29) is 26.0 Å². The minimum atomic E-state index is -1.46. The topological polar surface area (TPSA) is 147 Å². The van der Waals surface area contributed by atoms with Crippen LogP contribution in [0.1, 0.15) is 44.6 Å². The highest BCUT2D eigenvalue weighted by molar-refractivity contribution is 5.96. The minimum Gasteiger partial charge on any atom is -0.488 e. The maximum Gasteiger partial charge on any atom is 0.407 e. The number of nitrogens with zero attached hydrogens (tertiary/aromatic N) is 2. The molecule has 46 heavy (non-hydrogen) atoms. The Bertz CT molecular complexity index is 1680. The highest BCUT2D eigenvalue weighted by Gasteiger charge is 2.61. The second kappa shape index (κ2) is 12.8. The second-order valence-corrected chi connectivity index (χ2v) is 12.3. The fourth-order valence-corrected chi connectivity index (χ4v) is 6.43. The molecule has 1 saturated heterocycles. The monoisotopic (exact) mass is 626 g/mol. The number of hydrogen-bond donors (Lipinski definition) is 3. The Labute approximate surface area is 267 Å². The molecule has 2 fully saturated rings. The van der Waals surface area contributed by atoms with Gasteiger partial charge in [-0.3, -0.25) is 9.59 Å². The molecular weight excluding hydrogens is 588 g/mol. The summed E-state index contributed by atoms with van der Waals surface area (Å²) in [5, 5.41) is 16.0. The average molecular weight is 627 g/mol. The van der Waals surface area contributed by atoms with Gasteiger partial charge in [0.1, 0.15) is 29.5 Å². The third-order valence-electron chi connectivity index (χ3n) is 9.12. The van der Waals surface area contributed by atoms with Crippen molar-refractivity contribution in [2.24, 2.45) is 5.92 Å². The number of amides is 3. The summed E-state index contributed by atoms with van der Waals surface area (Å²) in [5.74, 6) is -2.10. The van der Waals surface area contributed by atoms with Crippen molar-refractivity contribution in [2.45, 2.75) is 69.2 Å². The van der Waals surface area contributed by atoms with E-state index in [1.165, 1.54) is 17.9 Å². The molecule has 3 N–H and O–H groups in total. The molecule has 3 aliphatic rings. The zero-order chi connectivity index (χ0) is 32.4. The molecule has 2 aromatic carbocycles. The number of carbonyl (C=O) groups excluding carboxylic acids is 3. The van der Waals surface area contributed by atoms with E-state index in [0.29, 0.717) is 12.2 Å². The number of aryl methyl sites for hydroxylation is 1. The molecule has 3 amide bonds. The Hall–Kier alpha value is -4.93. The number of carboxylic acids is 1. The van der Waals surface area contributed by atoms with E-state index >= 15 is 0 Å². The lowest BCUT2D eigenvalue weighted by Crippen LogP contribution is -2.55. The number of pyridine rings is 1. The zero-order valence-electron chi connectivity index (χ0n) is 25.7. The molecule has 0 spiro atoms. The van der Waals surface area contributed by atoms with E-state index in [1.807, 2.05) is 42.5 Å². The van der Waals surface area contributed by atoms with Gasteiger partial charge in [0.2, 0.25) is 11.8 Å². The van der Waals surface area contributed by atoms with E-state index in [4.69, 9.17) is 14.5 Å². The van der Waals surface area contributed by atoms with Crippen molar-refractivity contribution in [3.8, 4) is 17.0 Å². The van der Waals surface area contributed by atoms with Crippen LogP contribution >= 0.6 is 0 Å². The summed E-state index contributed by atoms with van der Waals surface area (Å²) in [7, 11) is 0. The van der Waals surface area contributed by atoms with Crippen LogP contribution in [0.4, 0.5) is 4.79 Å². The van der Waals surface area contributed by atoms with Gasteiger partial charge in [-0.2, -0.15) is 0 Å². The number of aromatic nitrogens is 1. The molecular formula is C35H38N4O7. The number of fused-ring (bicyclic) bond motifs is 3. The maximum atomic E-state index is 13.7. The summed E-state index contributed by atoms with van der Waals surface area (Å²) in [4.78, 5) is 58.4. The Morgan fingerprint density at radius 2 is 1.93 bits per heavy atom. The van der Waals surface area contributed by atoms with Crippen molar-refractivity contribution >= 4 is 34.8 Å². The molecule has 5 atom stereocenters. The van der Waals surface area contributed by atoms with Gasteiger partial charge in [0.25, 0.3) is 0 Å². The lowest BCUT2D eigenvalue weighted by atomic mass is 10.0. The Morgan fingerprint density at radius 1 is 1.13 bits per heavy atom. The third-order valence-corrected chi connectivity index (χ3v) is 9.12. The Balaban J connectivity index is 1.37.